The van der Waals surface area contributed by atoms with Crippen LogP contribution in [0.15, 0.2) is 29.2 Å². The Bertz CT molecular complexity index is 699. The van der Waals surface area contributed by atoms with Crippen molar-refractivity contribution in [3.05, 3.63) is 29.8 Å². The first kappa shape index (κ1) is 18.3. The number of hydrogen-bond donors (Lipinski definition) is 2. The summed E-state index contributed by atoms with van der Waals surface area (Å²) >= 11 is 0. The molecule has 0 heterocycles. The summed E-state index contributed by atoms with van der Waals surface area (Å²) in [6.45, 7) is 0. The van der Waals surface area contributed by atoms with Crippen LogP contribution in [0, 0.1) is 5.92 Å². The van der Waals surface area contributed by atoms with Gasteiger partial charge in [0.2, 0.25) is 15.7 Å². The summed E-state index contributed by atoms with van der Waals surface area (Å²) in [5.74, 6) is -4.57. The number of sulfone groups is 1. The Morgan fingerprint density at radius 1 is 1.00 bits per heavy atom. The minimum atomic E-state index is -4.69. The van der Waals surface area contributed by atoms with Gasteiger partial charge < -0.3 is 0 Å². The molecule has 9 heteroatoms. The summed E-state index contributed by atoms with van der Waals surface area (Å²) in [6, 6.07) is 4.08. The normalized spacial score (nSPS) is 16.0. The fourth-order valence-corrected chi connectivity index (χ4v) is 3.28. The van der Waals surface area contributed by atoms with E-state index in [1.165, 1.54) is 0 Å². The predicted molar refractivity (Wildman–Crippen MR) is 81.8 cm³/mol. The van der Waals surface area contributed by atoms with Crippen LogP contribution < -0.4 is 10.9 Å². The van der Waals surface area contributed by atoms with Gasteiger partial charge in [-0.15, -0.1) is 0 Å². The number of rotatable bonds is 4. The van der Waals surface area contributed by atoms with Gasteiger partial charge in [-0.05, 0) is 37.1 Å². The third kappa shape index (κ3) is 4.28. The summed E-state index contributed by atoms with van der Waals surface area (Å²) in [5.41, 5.74) is 4.63. The lowest BCUT2D eigenvalue weighted by Gasteiger charge is -2.20. The topological polar surface area (TPSA) is 92.3 Å². The van der Waals surface area contributed by atoms with Crippen LogP contribution in [0.4, 0.5) is 8.78 Å². The van der Waals surface area contributed by atoms with Crippen LogP contribution in [0.1, 0.15) is 42.5 Å². The van der Waals surface area contributed by atoms with Crippen molar-refractivity contribution in [2.75, 3.05) is 0 Å². The van der Waals surface area contributed by atoms with Gasteiger partial charge in [-0.2, -0.15) is 8.78 Å². The minimum Gasteiger partial charge on any atom is -0.273 e. The monoisotopic (exact) mass is 360 g/mol. The lowest BCUT2D eigenvalue weighted by Crippen LogP contribution is -2.44. The van der Waals surface area contributed by atoms with Crippen LogP contribution >= 0.6 is 0 Å². The maximum Gasteiger partial charge on any atom is 0.341 e. The number of halogens is 2. The van der Waals surface area contributed by atoms with E-state index in [0.29, 0.717) is 0 Å². The van der Waals surface area contributed by atoms with E-state index in [1.54, 1.807) is 0 Å². The highest BCUT2D eigenvalue weighted by Crippen LogP contribution is 2.23. The number of carbonyl (C=O) groups excluding carboxylic acids is 2. The molecule has 0 saturated heterocycles. The second-order valence-electron chi connectivity index (χ2n) is 5.61. The summed E-state index contributed by atoms with van der Waals surface area (Å²) < 4.78 is 47.4. The average Bonchev–Trinajstić information content (AvgIpc) is 2.60. The molecule has 1 aliphatic carbocycles. The SMILES string of the molecule is O=C(NNC(=O)C1CCCCC1)c1ccc(S(=O)(=O)C(F)F)cc1. The summed E-state index contributed by atoms with van der Waals surface area (Å²) in [5, 5.41) is 0. The van der Waals surface area contributed by atoms with Gasteiger partial charge in [0.05, 0.1) is 4.90 Å². The standard InChI is InChI=1S/C15H18F2N2O4S/c16-15(17)24(22,23)12-8-6-11(7-9-12)14(21)19-18-13(20)10-4-2-1-3-5-10/h6-10,15H,1-5H2,(H,18,20)(H,19,21). The van der Waals surface area contributed by atoms with Crippen LogP contribution in [0.5, 0.6) is 0 Å². The van der Waals surface area contributed by atoms with Gasteiger partial charge >= 0.3 is 5.76 Å². The van der Waals surface area contributed by atoms with Crippen molar-refractivity contribution in [3.8, 4) is 0 Å². The smallest absolute Gasteiger partial charge is 0.273 e. The zero-order valence-electron chi connectivity index (χ0n) is 12.8. The molecule has 1 aromatic carbocycles. The molecule has 0 bridgehead atoms. The lowest BCUT2D eigenvalue weighted by molar-refractivity contribution is -0.126. The van der Waals surface area contributed by atoms with E-state index in [9.17, 15) is 26.8 Å². The molecule has 0 aromatic heterocycles. The first-order chi connectivity index (χ1) is 11.3. The Morgan fingerprint density at radius 3 is 2.12 bits per heavy atom. The molecule has 1 saturated carbocycles. The maximum atomic E-state index is 12.4. The molecule has 1 aromatic rings. The molecular formula is C15H18F2N2O4S. The second-order valence-corrected chi connectivity index (χ2v) is 7.53. The molecule has 2 N–H and O–H groups in total. The van der Waals surface area contributed by atoms with Gasteiger partial charge in [0.25, 0.3) is 5.91 Å². The van der Waals surface area contributed by atoms with Gasteiger partial charge in [-0.3, -0.25) is 20.4 Å². The Balaban J connectivity index is 1.94. The second kappa shape index (κ2) is 7.69. The molecule has 6 nitrogen and oxygen atoms in total. The first-order valence-corrected chi connectivity index (χ1v) is 9.09. The molecule has 1 fully saturated rings. The molecule has 2 rings (SSSR count). The summed E-state index contributed by atoms with van der Waals surface area (Å²) in [6.07, 6.45) is 4.62. The molecule has 1 aliphatic rings. The highest BCUT2D eigenvalue weighted by atomic mass is 32.2. The van der Waals surface area contributed by atoms with E-state index in [1.807, 2.05) is 0 Å². The molecule has 0 spiro atoms. The van der Waals surface area contributed by atoms with Crippen LogP contribution in [-0.2, 0) is 14.6 Å². The van der Waals surface area contributed by atoms with Crippen LogP contribution in [0.25, 0.3) is 0 Å². The largest absolute Gasteiger partial charge is 0.341 e. The molecule has 0 radical (unpaired) electrons. The molecule has 24 heavy (non-hydrogen) atoms. The molecule has 0 atom stereocenters. The van der Waals surface area contributed by atoms with E-state index in [2.05, 4.69) is 10.9 Å². The van der Waals surface area contributed by atoms with E-state index in [-0.39, 0.29) is 17.4 Å². The fourth-order valence-electron chi connectivity index (χ4n) is 2.56. The quantitative estimate of drug-likeness (QED) is 0.804. The number of amides is 2. The van der Waals surface area contributed by atoms with Crippen molar-refractivity contribution in [2.24, 2.45) is 5.92 Å². The number of benzene rings is 1. The summed E-state index contributed by atoms with van der Waals surface area (Å²) in [4.78, 5) is 23.2. The highest BCUT2D eigenvalue weighted by molar-refractivity contribution is 7.91. The number of carbonyl (C=O) groups is 2. The van der Waals surface area contributed by atoms with Crippen LogP contribution in [0.2, 0.25) is 0 Å². The number of nitrogens with one attached hydrogen (secondary N) is 2. The number of alkyl halides is 2. The van der Waals surface area contributed by atoms with Crippen LogP contribution in [0.3, 0.4) is 0 Å². The Labute approximate surface area is 138 Å². The van der Waals surface area contributed by atoms with Crippen molar-refractivity contribution in [2.45, 2.75) is 42.8 Å². The van der Waals surface area contributed by atoms with Crippen molar-refractivity contribution in [3.63, 3.8) is 0 Å². The first-order valence-electron chi connectivity index (χ1n) is 7.54. The van der Waals surface area contributed by atoms with E-state index >= 15 is 0 Å². The number of hydrogen-bond acceptors (Lipinski definition) is 4. The van der Waals surface area contributed by atoms with E-state index in [4.69, 9.17) is 0 Å². The fraction of sp³-hybridized carbons (Fsp3) is 0.467. The lowest BCUT2D eigenvalue weighted by atomic mass is 9.89. The molecule has 0 unspecified atom stereocenters. The third-order valence-electron chi connectivity index (χ3n) is 3.95. The van der Waals surface area contributed by atoms with Crippen molar-refractivity contribution in [1.82, 2.24) is 10.9 Å². The minimum absolute atomic E-state index is 0.0483. The van der Waals surface area contributed by atoms with E-state index in [0.717, 1.165) is 56.4 Å². The van der Waals surface area contributed by atoms with Gasteiger partial charge in [0, 0.05) is 11.5 Å². The van der Waals surface area contributed by atoms with Gasteiger partial charge in [-0.25, -0.2) is 8.42 Å². The van der Waals surface area contributed by atoms with Crippen molar-refractivity contribution >= 4 is 21.7 Å². The zero-order chi connectivity index (χ0) is 17.7. The van der Waals surface area contributed by atoms with Gasteiger partial charge in [0.15, 0.2) is 0 Å². The predicted octanol–water partition coefficient (Wildman–Crippen LogP) is 2.02. The van der Waals surface area contributed by atoms with Crippen LogP contribution in [-0.4, -0.2) is 26.0 Å². The summed E-state index contributed by atoms with van der Waals surface area (Å²) in [7, 11) is -4.69. The Hall–Kier alpha value is -2.03. The van der Waals surface area contributed by atoms with Crippen molar-refractivity contribution in [1.29, 1.82) is 0 Å². The molecule has 0 aliphatic heterocycles. The molecular weight excluding hydrogens is 342 g/mol. The Kier molecular flexibility index (Phi) is 5.87. The van der Waals surface area contributed by atoms with Crippen molar-refractivity contribution < 1.29 is 26.8 Å². The third-order valence-corrected chi connectivity index (χ3v) is 5.35. The van der Waals surface area contributed by atoms with Gasteiger partial charge in [-0.1, -0.05) is 19.3 Å². The van der Waals surface area contributed by atoms with Gasteiger partial charge in [0.1, 0.15) is 0 Å². The number of hydrazine groups is 1. The zero-order valence-corrected chi connectivity index (χ0v) is 13.6. The highest BCUT2D eigenvalue weighted by Gasteiger charge is 2.26. The maximum absolute atomic E-state index is 12.4. The van der Waals surface area contributed by atoms with E-state index < -0.39 is 26.4 Å². The Morgan fingerprint density at radius 2 is 1.58 bits per heavy atom. The molecule has 2 amide bonds. The average molecular weight is 360 g/mol. The molecule has 132 valence electrons.